The van der Waals surface area contributed by atoms with Gasteiger partial charge in [-0.2, -0.15) is 0 Å². The summed E-state index contributed by atoms with van der Waals surface area (Å²) >= 11 is 1.55. The van der Waals surface area contributed by atoms with E-state index in [4.69, 9.17) is 5.11 Å². The first-order valence-electron chi connectivity index (χ1n) is 9.03. The Balaban J connectivity index is 1.56. The van der Waals surface area contributed by atoms with Crippen LogP contribution in [0.1, 0.15) is 29.6 Å². The van der Waals surface area contributed by atoms with Gasteiger partial charge in [0.1, 0.15) is 6.04 Å². The minimum atomic E-state index is -0.896. The Kier molecular flexibility index (Phi) is 4.82. The molecular weight excluding hydrogens is 366 g/mol. The summed E-state index contributed by atoms with van der Waals surface area (Å²) in [4.78, 5) is 43.7. The second kappa shape index (κ2) is 7.26. The summed E-state index contributed by atoms with van der Waals surface area (Å²) in [6, 6.07) is 6.78. The Hall–Kier alpha value is -2.48. The normalized spacial score (nSPS) is 22.5. The molecule has 0 spiro atoms. The van der Waals surface area contributed by atoms with Gasteiger partial charge in [0, 0.05) is 35.4 Å². The standard InChI is InChI=1S/C19H21N3O4S/c23-17(24)8-12-4-3-7-21(12)19(26)16-10-27-11-22(16)18(25)14-9-20-15-6-2-1-5-13(14)15/h1-2,5-6,9,12,16,20H,3-4,7-8,10-11H2,(H,23,24). The number of likely N-dealkylation sites (tertiary alicyclic amines) is 1. The van der Waals surface area contributed by atoms with Crippen molar-refractivity contribution in [2.24, 2.45) is 0 Å². The largest absolute Gasteiger partial charge is 0.481 e. The lowest BCUT2D eigenvalue weighted by Gasteiger charge is -2.30. The zero-order valence-corrected chi connectivity index (χ0v) is 15.6. The Morgan fingerprint density at radius 1 is 1.22 bits per heavy atom. The average Bonchev–Trinajstić information content (AvgIpc) is 3.39. The number of thioether (sulfide) groups is 1. The van der Waals surface area contributed by atoms with Gasteiger partial charge in [-0.05, 0) is 18.9 Å². The first-order chi connectivity index (χ1) is 13.1. The minimum absolute atomic E-state index is 0.0397. The molecule has 2 saturated heterocycles. The van der Waals surface area contributed by atoms with Crippen molar-refractivity contribution in [2.75, 3.05) is 18.2 Å². The summed E-state index contributed by atoms with van der Waals surface area (Å²) in [5.74, 6) is -0.177. The third kappa shape index (κ3) is 3.29. The summed E-state index contributed by atoms with van der Waals surface area (Å²) in [6.45, 7) is 0.563. The molecule has 2 unspecified atom stereocenters. The van der Waals surface area contributed by atoms with Crippen molar-refractivity contribution in [3.63, 3.8) is 0 Å². The number of para-hydroxylation sites is 1. The summed E-state index contributed by atoms with van der Waals surface area (Å²) in [5.41, 5.74) is 1.45. The Bertz CT molecular complexity index is 896. The molecule has 142 valence electrons. The van der Waals surface area contributed by atoms with Crippen LogP contribution in [0.3, 0.4) is 0 Å². The molecule has 2 amide bonds. The van der Waals surface area contributed by atoms with Crippen molar-refractivity contribution in [1.82, 2.24) is 14.8 Å². The number of carbonyl (C=O) groups is 3. The highest BCUT2D eigenvalue weighted by Gasteiger charge is 2.41. The van der Waals surface area contributed by atoms with Gasteiger partial charge in [-0.25, -0.2) is 0 Å². The van der Waals surface area contributed by atoms with Crippen molar-refractivity contribution in [1.29, 1.82) is 0 Å². The van der Waals surface area contributed by atoms with E-state index in [1.54, 1.807) is 27.8 Å². The third-order valence-corrected chi connectivity index (χ3v) is 6.33. The first kappa shape index (κ1) is 17.9. The van der Waals surface area contributed by atoms with E-state index >= 15 is 0 Å². The smallest absolute Gasteiger partial charge is 0.305 e. The molecule has 2 aliphatic rings. The number of benzene rings is 1. The van der Waals surface area contributed by atoms with Gasteiger partial charge in [0.25, 0.3) is 5.91 Å². The van der Waals surface area contributed by atoms with Gasteiger partial charge >= 0.3 is 5.97 Å². The van der Waals surface area contributed by atoms with Gasteiger partial charge in [0.2, 0.25) is 5.91 Å². The van der Waals surface area contributed by atoms with Crippen LogP contribution in [0.15, 0.2) is 30.5 Å². The van der Waals surface area contributed by atoms with Crippen molar-refractivity contribution in [3.05, 3.63) is 36.0 Å². The van der Waals surface area contributed by atoms with Gasteiger partial charge in [-0.15, -0.1) is 11.8 Å². The number of H-pyrrole nitrogens is 1. The molecular formula is C19H21N3O4S. The number of amides is 2. The second-order valence-corrected chi connectivity index (χ2v) is 7.96. The monoisotopic (exact) mass is 387 g/mol. The van der Waals surface area contributed by atoms with Crippen LogP contribution < -0.4 is 0 Å². The highest BCUT2D eigenvalue weighted by atomic mass is 32.2. The van der Waals surface area contributed by atoms with E-state index in [-0.39, 0.29) is 24.3 Å². The van der Waals surface area contributed by atoms with E-state index in [1.807, 2.05) is 24.3 Å². The Labute approximate surface area is 160 Å². The molecule has 2 N–H and O–H groups in total. The summed E-state index contributed by atoms with van der Waals surface area (Å²) in [5, 5.41) is 9.94. The van der Waals surface area contributed by atoms with Crippen molar-refractivity contribution >= 4 is 40.4 Å². The minimum Gasteiger partial charge on any atom is -0.481 e. The number of nitrogens with one attached hydrogen (secondary N) is 1. The molecule has 1 aromatic carbocycles. The molecule has 0 radical (unpaired) electrons. The lowest BCUT2D eigenvalue weighted by molar-refractivity contribution is -0.141. The quantitative estimate of drug-likeness (QED) is 0.838. The number of carboxylic acid groups (broad SMARTS) is 1. The molecule has 27 heavy (non-hydrogen) atoms. The number of aliphatic carboxylic acids is 1. The van der Waals surface area contributed by atoms with E-state index in [9.17, 15) is 14.4 Å². The van der Waals surface area contributed by atoms with Crippen LogP contribution in [-0.4, -0.2) is 67.9 Å². The highest BCUT2D eigenvalue weighted by Crippen LogP contribution is 2.30. The molecule has 1 aromatic heterocycles. The molecule has 3 heterocycles. The molecule has 2 aromatic rings. The summed E-state index contributed by atoms with van der Waals surface area (Å²) < 4.78 is 0. The maximum atomic E-state index is 13.1. The fourth-order valence-corrected chi connectivity index (χ4v) is 5.13. The maximum absolute atomic E-state index is 13.1. The molecule has 0 saturated carbocycles. The van der Waals surface area contributed by atoms with E-state index in [0.29, 0.717) is 30.2 Å². The zero-order chi connectivity index (χ0) is 19.0. The number of rotatable bonds is 4. The molecule has 0 aliphatic carbocycles. The second-order valence-electron chi connectivity index (χ2n) is 6.96. The number of nitrogens with zero attached hydrogens (tertiary/aromatic N) is 2. The Morgan fingerprint density at radius 3 is 2.85 bits per heavy atom. The molecule has 4 rings (SSSR count). The van der Waals surface area contributed by atoms with Crippen molar-refractivity contribution < 1.29 is 19.5 Å². The number of aromatic nitrogens is 1. The van der Waals surface area contributed by atoms with Crippen LogP contribution in [0.2, 0.25) is 0 Å². The van der Waals surface area contributed by atoms with Crippen LogP contribution in [0.25, 0.3) is 10.9 Å². The fraction of sp³-hybridized carbons (Fsp3) is 0.421. The molecule has 8 heteroatoms. The number of aromatic amines is 1. The van der Waals surface area contributed by atoms with Gasteiger partial charge in [0.15, 0.2) is 0 Å². The van der Waals surface area contributed by atoms with E-state index in [0.717, 1.165) is 17.3 Å². The number of fused-ring (bicyclic) bond motifs is 1. The van der Waals surface area contributed by atoms with Crippen LogP contribution in [-0.2, 0) is 9.59 Å². The van der Waals surface area contributed by atoms with E-state index in [2.05, 4.69) is 4.98 Å². The zero-order valence-electron chi connectivity index (χ0n) is 14.8. The Morgan fingerprint density at radius 2 is 2.04 bits per heavy atom. The van der Waals surface area contributed by atoms with E-state index < -0.39 is 12.0 Å². The van der Waals surface area contributed by atoms with Gasteiger partial charge < -0.3 is 19.9 Å². The lowest BCUT2D eigenvalue weighted by atomic mass is 10.1. The van der Waals surface area contributed by atoms with Crippen LogP contribution in [0.4, 0.5) is 0 Å². The highest BCUT2D eigenvalue weighted by molar-refractivity contribution is 7.99. The van der Waals surface area contributed by atoms with Crippen LogP contribution in [0.5, 0.6) is 0 Å². The van der Waals surface area contributed by atoms with E-state index in [1.165, 1.54) is 0 Å². The lowest BCUT2D eigenvalue weighted by Crippen LogP contribution is -2.50. The number of hydrogen-bond donors (Lipinski definition) is 2. The van der Waals surface area contributed by atoms with Gasteiger partial charge in [0.05, 0.1) is 17.9 Å². The molecule has 7 nitrogen and oxygen atoms in total. The predicted octanol–water partition coefficient (Wildman–Crippen LogP) is 2.15. The molecule has 0 bridgehead atoms. The number of hydrogen-bond acceptors (Lipinski definition) is 4. The predicted molar refractivity (Wildman–Crippen MR) is 103 cm³/mol. The van der Waals surface area contributed by atoms with Crippen LogP contribution >= 0.6 is 11.8 Å². The third-order valence-electron chi connectivity index (χ3n) is 5.32. The molecule has 2 atom stereocenters. The SMILES string of the molecule is O=C(O)CC1CCCN1C(=O)C1CSCN1C(=O)c1c[nH]c2ccccc12. The molecule has 2 aliphatic heterocycles. The summed E-state index contributed by atoms with van der Waals surface area (Å²) in [6.07, 6.45) is 3.16. The first-order valence-corrected chi connectivity index (χ1v) is 10.2. The molecule has 2 fully saturated rings. The summed E-state index contributed by atoms with van der Waals surface area (Å²) in [7, 11) is 0. The van der Waals surface area contributed by atoms with Crippen molar-refractivity contribution in [2.45, 2.75) is 31.3 Å². The maximum Gasteiger partial charge on any atom is 0.305 e. The van der Waals surface area contributed by atoms with Crippen LogP contribution in [0, 0.1) is 0 Å². The number of carbonyl (C=O) groups excluding carboxylic acids is 2. The van der Waals surface area contributed by atoms with Crippen molar-refractivity contribution in [3.8, 4) is 0 Å². The topological polar surface area (TPSA) is 93.7 Å². The van der Waals surface area contributed by atoms with Gasteiger partial charge in [-0.3, -0.25) is 14.4 Å². The fourth-order valence-electron chi connectivity index (χ4n) is 3.98. The average molecular weight is 387 g/mol. The van der Waals surface area contributed by atoms with Gasteiger partial charge in [-0.1, -0.05) is 18.2 Å². The number of carboxylic acids is 1.